The number of aliphatic imine (C=N–C) groups is 1. The number of methoxy groups -OCH3 is 1. The molecule has 0 saturated carbocycles. The van der Waals surface area contributed by atoms with Gasteiger partial charge in [0.2, 0.25) is 0 Å². The highest BCUT2D eigenvalue weighted by molar-refractivity contribution is 6.27. The third kappa shape index (κ3) is 3.33. The van der Waals surface area contributed by atoms with Crippen molar-refractivity contribution in [1.29, 1.82) is 0 Å². The summed E-state index contributed by atoms with van der Waals surface area (Å²) in [5.74, 6) is 0.582. The monoisotopic (exact) mass is 420 g/mol. The molecule has 0 unspecified atom stereocenters. The Hall–Kier alpha value is -4.67. The van der Waals surface area contributed by atoms with Crippen molar-refractivity contribution in [2.24, 2.45) is 4.99 Å². The maximum Gasteiger partial charge on any atom is 0.284 e. The number of rotatable bonds is 5. The first kappa shape index (κ1) is 19.6. The van der Waals surface area contributed by atoms with E-state index in [0.29, 0.717) is 17.0 Å². The lowest BCUT2D eigenvalue weighted by Crippen LogP contribution is -2.01. The van der Waals surface area contributed by atoms with Gasteiger partial charge < -0.3 is 4.74 Å². The van der Waals surface area contributed by atoms with Crippen LogP contribution in [-0.4, -0.2) is 27.6 Å². The molecule has 0 heterocycles. The zero-order valence-electron chi connectivity index (χ0n) is 15.8. The van der Waals surface area contributed by atoms with Crippen LogP contribution < -0.4 is 4.74 Å². The second-order valence-corrected chi connectivity index (χ2v) is 6.55. The molecule has 3 aromatic rings. The molecular weight excluding hydrogens is 408 g/mol. The smallest absolute Gasteiger partial charge is 0.284 e. The topological polar surface area (TPSA) is 151 Å². The molecule has 1 aliphatic rings. The van der Waals surface area contributed by atoms with Crippen LogP contribution >= 0.6 is 0 Å². The zero-order valence-corrected chi connectivity index (χ0v) is 15.8. The zero-order chi connectivity index (χ0) is 22.3. The van der Waals surface area contributed by atoms with Gasteiger partial charge in [0.15, 0.2) is 0 Å². The highest BCUT2D eigenvalue weighted by atomic mass is 16.6. The summed E-state index contributed by atoms with van der Waals surface area (Å²) in [5.41, 5.74) is 0.347. The molecule has 0 fully saturated rings. The number of ether oxygens (including phenoxy) is 1. The Kier molecular flexibility index (Phi) is 4.62. The van der Waals surface area contributed by atoms with Gasteiger partial charge in [-0.05, 0) is 35.9 Å². The van der Waals surface area contributed by atoms with Crippen LogP contribution in [-0.2, 0) is 0 Å². The molecule has 0 radical (unpaired) electrons. The van der Waals surface area contributed by atoms with Gasteiger partial charge in [-0.25, -0.2) is 4.99 Å². The highest BCUT2D eigenvalue weighted by Gasteiger charge is 2.35. The van der Waals surface area contributed by atoms with Crippen molar-refractivity contribution in [3.8, 4) is 16.9 Å². The number of fused-ring (bicyclic) bond motifs is 3. The van der Waals surface area contributed by atoms with E-state index in [9.17, 15) is 30.3 Å². The first-order valence-electron chi connectivity index (χ1n) is 8.79. The number of nitrogens with zero attached hydrogens (tertiary/aromatic N) is 4. The van der Waals surface area contributed by atoms with Gasteiger partial charge >= 0.3 is 0 Å². The molecule has 1 aliphatic carbocycles. The molecule has 11 heteroatoms. The predicted molar refractivity (Wildman–Crippen MR) is 110 cm³/mol. The molecular formula is C20H12N4O7. The summed E-state index contributed by atoms with van der Waals surface area (Å²) in [5, 5.41) is 34.3. The Morgan fingerprint density at radius 3 is 1.97 bits per heavy atom. The standard InChI is InChI=1S/C20H12N4O7/c1-31-14-5-2-11(3-6-14)21-20-16-8-12(22(25)26)4-7-15(16)19-17(20)9-13(23(27)28)10-18(19)24(29)30/h2-10H,1H3. The molecule has 0 spiro atoms. The summed E-state index contributed by atoms with van der Waals surface area (Å²) in [4.78, 5) is 36.8. The SMILES string of the molecule is COc1ccc(N=C2c3cc([N+](=O)[O-])ccc3-c3c2cc([N+](=O)[O-])cc3[N+](=O)[O-])cc1. The number of benzene rings is 3. The number of nitro groups is 3. The molecule has 0 bridgehead atoms. The Balaban J connectivity index is 2.04. The van der Waals surface area contributed by atoms with Crippen LogP contribution in [0.25, 0.3) is 11.1 Å². The maximum absolute atomic E-state index is 11.7. The third-order valence-corrected chi connectivity index (χ3v) is 4.82. The van der Waals surface area contributed by atoms with Gasteiger partial charge in [0.05, 0.1) is 44.9 Å². The van der Waals surface area contributed by atoms with Gasteiger partial charge in [-0.1, -0.05) is 0 Å². The lowest BCUT2D eigenvalue weighted by Gasteiger charge is -2.04. The van der Waals surface area contributed by atoms with E-state index in [2.05, 4.69) is 4.99 Å². The average molecular weight is 420 g/mol. The summed E-state index contributed by atoms with van der Waals surface area (Å²) >= 11 is 0. The van der Waals surface area contributed by atoms with Gasteiger partial charge in [-0.15, -0.1) is 0 Å². The van der Waals surface area contributed by atoms with Crippen molar-refractivity contribution in [3.63, 3.8) is 0 Å². The average Bonchev–Trinajstić information content (AvgIpc) is 3.06. The van der Waals surface area contributed by atoms with E-state index in [-0.39, 0.29) is 28.1 Å². The van der Waals surface area contributed by atoms with Gasteiger partial charge in [-0.3, -0.25) is 30.3 Å². The van der Waals surface area contributed by atoms with Gasteiger partial charge in [0.25, 0.3) is 17.1 Å². The van der Waals surface area contributed by atoms with E-state index in [1.807, 2.05) is 0 Å². The van der Waals surface area contributed by atoms with Crippen LogP contribution in [0.15, 0.2) is 59.6 Å². The van der Waals surface area contributed by atoms with Crippen molar-refractivity contribution in [2.45, 2.75) is 0 Å². The molecule has 154 valence electrons. The Labute approximate surface area is 173 Å². The molecule has 0 N–H and O–H groups in total. The van der Waals surface area contributed by atoms with E-state index >= 15 is 0 Å². The van der Waals surface area contributed by atoms with Crippen molar-refractivity contribution < 1.29 is 19.5 Å². The molecule has 0 aliphatic heterocycles. The number of nitro benzene ring substituents is 3. The normalized spacial score (nSPS) is 12.9. The summed E-state index contributed by atoms with van der Waals surface area (Å²) in [6.45, 7) is 0. The van der Waals surface area contributed by atoms with Gasteiger partial charge in [0, 0.05) is 29.3 Å². The number of hydrogen-bond donors (Lipinski definition) is 0. The van der Waals surface area contributed by atoms with E-state index in [1.165, 1.54) is 31.4 Å². The second-order valence-electron chi connectivity index (χ2n) is 6.55. The summed E-state index contributed by atoms with van der Waals surface area (Å²) < 4.78 is 5.10. The van der Waals surface area contributed by atoms with E-state index in [0.717, 1.165) is 6.07 Å². The van der Waals surface area contributed by atoms with Crippen LogP contribution in [0.4, 0.5) is 22.7 Å². The molecule has 0 atom stereocenters. The van der Waals surface area contributed by atoms with Crippen LogP contribution in [0.5, 0.6) is 5.75 Å². The summed E-state index contributed by atoms with van der Waals surface area (Å²) in [6.07, 6.45) is 0. The molecule has 4 rings (SSSR count). The predicted octanol–water partition coefficient (Wildman–Crippen LogP) is 4.57. The largest absolute Gasteiger partial charge is 0.497 e. The first-order valence-corrected chi connectivity index (χ1v) is 8.79. The molecule has 11 nitrogen and oxygen atoms in total. The number of hydrogen-bond acceptors (Lipinski definition) is 8. The highest BCUT2D eigenvalue weighted by Crippen LogP contribution is 2.46. The van der Waals surface area contributed by atoms with Gasteiger partial charge in [-0.2, -0.15) is 0 Å². The Bertz CT molecular complexity index is 1300. The third-order valence-electron chi connectivity index (χ3n) is 4.82. The van der Waals surface area contributed by atoms with E-state index in [1.54, 1.807) is 24.3 Å². The van der Waals surface area contributed by atoms with Crippen molar-refractivity contribution >= 4 is 28.5 Å². The second kappa shape index (κ2) is 7.30. The minimum absolute atomic E-state index is 0.132. The fourth-order valence-electron chi connectivity index (χ4n) is 3.44. The van der Waals surface area contributed by atoms with Crippen molar-refractivity contribution in [3.05, 3.63) is 96.1 Å². The minimum Gasteiger partial charge on any atom is -0.497 e. The molecule has 31 heavy (non-hydrogen) atoms. The lowest BCUT2D eigenvalue weighted by atomic mass is 10.0. The van der Waals surface area contributed by atoms with Crippen LogP contribution in [0.3, 0.4) is 0 Å². The minimum atomic E-state index is -0.732. The van der Waals surface area contributed by atoms with Gasteiger partial charge in [0.1, 0.15) is 5.75 Å². The first-order chi connectivity index (χ1) is 14.8. The van der Waals surface area contributed by atoms with Crippen molar-refractivity contribution in [2.75, 3.05) is 7.11 Å². The maximum atomic E-state index is 11.7. The van der Waals surface area contributed by atoms with E-state index in [4.69, 9.17) is 4.74 Å². The summed E-state index contributed by atoms with van der Waals surface area (Å²) in [7, 11) is 1.50. The molecule has 0 saturated heterocycles. The van der Waals surface area contributed by atoms with Crippen molar-refractivity contribution in [1.82, 2.24) is 0 Å². The Morgan fingerprint density at radius 2 is 1.39 bits per heavy atom. The lowest BCUT2D eigenvalue weighted by molar-refractivity contribution is -0.393. The van der Waals surface area contributed by atoms with E-state index < -0.39 is 26.1 Å². The van der Waals surface area contributed by atoms with Crippen LogP contribution in [0.1, 0.15) is 11.1 Å². The fraction of sp³-hybridized carbons (Fsp3) is 0.0500. The number of non-ortho nitro benzene ring substituents is 2. The van der Waals surface area contributed by atoms with Crippen LogP contribution in [0.2, 0.25) is 0 Å². The summed E-state index contributed by atoms with van der Waals surface area (Å²) in [6, 6.07) is 12.5. The molecule has 3 aromatic carbocycles. The molecule has 0 aromatic heterocycles. The Morgan fingerprint density at radius 1 is 0.742 bits per heavy atom. The van der Waals surface area contributed by atoms with Crippen LogP contribution in [0, 0.1) is 30.3 Å². The fourth-order valence-corrected chi connectivity index (χ4v) is 3.44. The molecule has 0 amide bonds. The quantitative estimate of drug-likeness (QED) is 0.339.